The molecular formula is C9H14O5S. The van der Waals surface area contributed by atoms with E-state index >= 15 is 0 Å². The fourth-order valence-electron chi connectivity index (χ4n) is 1.55. The first-order valence-corrected chi connectivity index (χ1v) is 6.65. The maximum atomic E-state index is 11.5. The third kappa shape index (κ3) is 3.62. The van der Waals surface area contributed by atoms with E-state index < -0.39 is 21.7 Å². The van der Waals surface area contributed by atoms with Crippen LogP contribution in [0.25, 0.3) is 0 Å². The summed E-state index contributed by atoms with van der Waals surface area (Å²) in [7, 11) is -3.06. The number of rotatable bonds is 4. The highest BCUT2D eigenvalue weighted by Gasteiger charge is 2.33. The molecule has 0 saturated carbocycles. The molecule has 1 fully saturated rings. The number of hydrogen-bond acceptors (Lipinski definition) is 5. The lowest BCUT2D eigenvalue weighted by Crippen LogP contribution is -2.20. The van der Waals surface area contributed by atoms with Crippen molar-refractivity contribution in [3.63, 3.8) is 0 Å². The molecule has 0 bridgehead atoms. The second-order valence-corrected chi connectivity index (χ2v) is 5.78. The van der Waals surface area contributed by atoms with Crippen LogP contribution in [-0.4, -0.2) is 38.3 Å². The Labute approximate surface area is 88.7 Å². The van der Waals surface area contributed by atoms with Gasteiger partial charge in [-0.05, 0) is 13.3 Å². The minimum absolute atomic E-state index is 0.0478. The van der Waals surface area contributed by atoms with E-state index in [9.17, 15) is 18.0 Å². The molecule has 0 aromatic heterocycles. The van der Waals surface area contributed by atoms with Crippen LogP contribution in [0.3, 0.4) is 0 Å². The van der Waals surface area contributed by atoms with Gasteiger partial charge in [0, 0.05) is 5.92 Å². The summed E-state index contributed by atoms with van der Waals surface area (Å²) < 4.78 is 26.8. The molecule has 1 aliphatic heterocycles. The Morgan fingerprint density at radius 3 is 2.53 bits per heavy atom. The number of ketones is 1. The second-order valence-electron chi connectivity index (χ2n) is 3.55. The van der Waals surface area contributed by atoms with Gasteiger partial charge in [-0.25, -0.2) is 8.42 Å². The molecule has 1 aliphatic rings. The molecule has 0 radical (unpaired) electrons. The molecule has 0 amide bonds. The van der Waals surface area contributed by atoms with Crippen molar-refractivity contribution in [3.05, 3.63) is 0 Å². The average Bonchev–Trinajstić information content (AvgIpc) is 2.46. The van der Waals surface area contributed by atoms with Crippen molar-refractivity contribution in [1.82, 2.24) is 0 Å². The van der Waals surface area contributed by atoms with Crippen molar-refractivity contribution in [2.75, 3.05) is 18.1 Å². The van der Waals surface area contributed by atoms with Gasteiger partial charge >= 0.3 is 5.97 Å². The van der Waals surface area contributed by atoms with E-state index in [0.29, 0.717) is 6.42 Å². The van der Waals surface area contributed by atoms with Crippen molar-refractivity contribution in [2.24, 2.45) is 5.92 Å². The predicted octanol–water partition coefficient (Wildman–Crippen LogP) is -0.0566. The van der Waals surface area contributed by atoms with Crippen LogP contribution in [-0.2, 0) is 24.2 Å². The highest BCUT2D eigenvalue weighted by atomic mass is 32.2. The van der Waals surface area contributed by atoms with Gasteiger partial charge in [-0.1, -0.05) is 0 Å². The fourth-order valence-corrected chi connectivity index (χ4v) is 3.32. The van der Waals surface area contributed by atoms with E-state index in [1.54, 1.807) is 6.92 Å². The zero-order valence-electron chi connectivity index (χ0n) is 8.56. The molecule has 1 heterocycles. The Kier molecular flexibility index (Phi) is 3.84. The number of carbonyl (C=O) groups is 2. The third-order valence-electron chi connectivity index (χ3n) is 2.31. The molecule has 5 nitrogen and oxygen atoms in total. The summed E-state index contributed by atoms with van der Waals surface area (Å²) in [6.07, 6.45) is 0.0224. The summed E-state index contributed by atoms with van der Waals surface area (Å²) in [6, 6.07) is 0. The summed E-state index contributed by atoms with van der Waals surface area (Å²) in [6.45, 7) is 1.89. The Balaban J connectivity index is 2.46. The van der Waals surface area contributed by atoms with Crippen LogP contribution < -0.4 is 0 Å². The van der Waals surface area contributed by atoms with E-state index in [4.69, 9.17) is 0 Å². The van der Waals surface area contributed by atoms with Crippen molar-refractivity contribution in [1.29, 1.82) is 0 Å². The number of hydrogen-bond donors (Lipinski definition) is 0. The lowest BCUT2D eigenvalue weighted by atomic mass is 10.0. The van der Waals surface area contributed by atoms with Gasteiger partial charge < -0.3 is 4.74 Å². The van der Waals surface area contributed by atoms with Gasteiger partial charge in [0.15, 0.2) is 9.84 Å². The second kappa shape index (κ2) is 4.74. The Morgan fingerprint density at radius 2 is 2.07 bits per heavy atom. The summed E-state index contributed by atoms with van der Waals surface area (Å²) >= 11 is 0. The minimum atomic E-state index is -3.06. The smallest absolute Gasteiger partial charge is 0.313 e. The molecule has 0 N–H and O–H groups in total. The number of sulfone groups is 1. The molecule has 6 heteroatoms. The van der Waals surface area contributed by atoms with Crippen LogP contribution in [0.2, 0.25) is 0 Å². The zero-order valence-corrected chi connectivity index (χ0v) is 9.38. The quantitative estimate of drug-likeness (QED) is 0.503. The summed E-state index contributed by atoms with van der Waals surface area (Å²) in [5.41, 5.74) is 0. The zero-order chi connectivity index (χ0) is 11.5. The van der Waals surface area contributed by atoms with Crippen molar-refractivity contribution < 1.29 is 22.7 Å². The lowest BCUT2D eigenvalue weighted by Gasteiger charge is -2.05. The maximum Gasteiger partial charge on any atom is 0.313 e. The first kappa shape index (κ1) is 12.2. The molecule has 1 rings (SSSR count). The van der Waals surface area contributed by atoms with Crippen LogP contribution in [0.5, 0.6) is 0 Å². The molecule has 86 valence electrons. The topological polar surface area (TPSA) is 77.5 Å². The molecule has 0 aromatic rings. The lowest BCUT2D eigenvalue weighted by molar-refractivity contribution is -0.146. The minimum Gasteiger partial charge on any atom is -0.466 e. The SMILES string of the molecule is CCOC(=O)CC(=O)C1CCS(=O)(=O)C1. The molecule has 1 saturated heterocycles. The standard InChI is InChI=1S/C9H14O5S/c1-2-14-9(11)5-8(10)7-3-4-15(12,13)6-7/h7H,2-6H2,1H3. The van der Waals surface area contributed by atoms with E-state index in [1.165, 1.54) is 0 Å². The van der Waals surface area contributed by atoms with Gasteiger partial charge in [0.1, 0.15) is 12.2 Å². The molecule has 1 unspecified atom stereocenters. The fraction of sp³-hybridized carbons (Fsp3) is 0.778. The molecular weight excluding hydrogens is 220 g/mol. The Morgan fingerprint density at radius 1 is 1.40 bits per heavy atom. The molecule has 15 heavy (non-hydrogen) atoms. The molecule has 1 atom stereocenters. The van der Waals surface area contributed by atoms with E-state index in [1.807, 2.05) is 0 Å². The van der Waals surface area contributed by atoms with Gasteiger partial charge in [0.25, 0.3) is 0 Å². The first-order valence-electron chi connectivity index (χ1n) is 4.83. The number of ether oxygens (including phenoxy) is 1. The highest BCUT2D eigenvalue weighted by Crippen LogP contribution is 2.20. The molecule has 0 spiro atoms. The third-order valence-corrected chi connectivity index (χ3v) is 4.08. The predicted molar refractivity (Wildman–Crippen MR) is 53.0 cm³/mol. The van der Waals surface area contributed by atoms with Gasteiger partial charge in [-0.15, -0.1) is 0 Å². The normalized spacial score (nSPS) is 23.7. The maximum absolute atomic E-state index is 11.5. The number of Topliss-reactive ketones (excluding diaryl/α,β-unsaturated/α-hetero) is 1. The molecule has 0 aromatic carbocycles. The highest BCUT2D eigenvalue weighted by molar-refractivity contribution is 7.91. The van der Waals surface area contributed by atoms with E-state index in [0.717, 1.165) is 0 Å². The molecule has 0 aliphatic carbocycles. The van der Waals surface area contributed by atoms with Crippen molar-refractivity contribution in [3.8, 4) is 0 Å². The van der Waals surface area contributed by atoms with Gasteiger partial charge in [-0.3, -0.25) is 9.59 Å². The number of carbonyl (C=O) groups excluding carboxylic acids is 2. The van der Waals surface area contributed by atoms with E-state index in [2.05, 4.69) is 4.74 Å². The van der Waals surface area contributed by atoms with Crippen LogP contribution in [0.15, 0.2) is 0 Å². The van der Waals surface area contributed by atoms with Crippen molar-refractivity contribution in [2.45, 2.75) is 19.8 Å². The van der Waals surface area contributed by atoms with E-state index in [-0.39, 0.29) is 30.3 Å². The number of esters is 1. The summed E-state index contributed by atoms with van der Waals surface area (Å²) in [4.78, 5) is 22.4. The monoisotopic (exact) mass is 234 g/mol. The van der Waals surface area contributed by atoms with Crippen LogP contribution in [0.4, 0.5) is 0 Å². The van der Waals surface area contributed by atoms with Crippen LogP contribution in [0.1, 0.15) is 19.8 Å². The van der Waals surface area contributed by atoms with Crippen LogP contribution in [0, 0.1) is 5.92 Å². The van der Waals surface area contributed by atoms with Gasteiger partial charge in [0.05, 0.1) is 18.1 Å². The Bertz CT molecular complexity index is 357. The summed E-state index contributed by atoms with van der Waals surface area (Å²) in [5.74, 6) is -1.49. The van der Waals surface area contributed by atoms with Crippen molar-refractivity contribution >= 4 is 21.6 Å². The average molecular weight is 234 g/mol. The largest absolute Gasteiger partial charge is 0.466 e. The Hall–Kier alpha value is -0.910. The van der Waals surface area contributed by atoms with Gasteiger partial charge in [-0.2, -0.15) is 0 Å². The first-order chi connectivity index (χ1) is 6.94. The van der Waals surface area contributed by atoms with Gasteiger partial charge in [0.2, 0.25) is 0 Å². The summed E-state index contributed by atoms with van der Waals surface area (Å²) in [5, 5.41) is 0. The van der Waals surface area contributed by atoms with Crippen LogP contribution >= 0.6 is 0 Å².